The summed E-state index contributed by atoms with van der Waals surface area (Å²) in [5.74, 6) is 0.301. The summed E-state index contributed by atoms with van der Waals surface area (Å²) in [6, 6.07) is 6.17. The van der Waals surface area contributed by atoms with Crippen LogP contribution in [0.25, 0.3) is 6.08 Å². The number of aliphatic imine (C=N–C) groups is 1. The van der Waals surface area contributed by atoms with Crippen molar-refractivity contribution in [3.05, 3.63) is 29.3 Å². The summed E-state index contributed by atoms with van der Waals surface area (Å²) >= 11 is 0. The minimum absolute atomic E-state index is 0.143. The lowest BCUT2D eigenvalue weighted by Crippen LogP contribution is -2.43. The number of carbonyl (C=O) groups excluding carboxylic acids is 1. The normalized spacial score (nSPS) is 16.9. The maximum absolute atomic E-state index is 12.9. The Labute approximate surface area is 160 Å². The molecule has 0 spiro atoms. The van der Waals surface area contributed by atoms with Gasteiger partial charge in [0, 0.05) is 56.0 Å². The molecule has 0 unspecified atom stereocenters. The lowest BCUT2D eigenvalue weighted by molar-refractivity contribution is -0.180. The molecule has 0 aliphatic carbocycles. The standard InChI is InChI=1S/C20H29N5O2/c1-3-9-25(27-4-2)20(26)16-12-15-5-6-17(24-10-7-22-8-11-24)14-18(15)23-19(21)13-16/h5-6,12,14,22H,3-4,7-11,13H2,1-2H3,(H2,21,23). The van der Waals surface area contributed by atoms with Crippen LogP contribution in [0.2, 0.25) is 0 Å². The van der Waals surface area contributed by atoms with Gasteiger partial charge in [-0.1, -0.05) is 13.0 Å². The third-order valence-electron chi connectivity index (χ3n) is 4.67. The molecule has 1 aromatic carbocycles. The van der Waals surface area contributed by atoms with Crippen LogP contribution in [-0.2, 0) is 9.63 Å². The first-order chi connectivity index (χ1) is 13.1. The van der Waals surface area contributed by atoms with Gasteiger partial charge in [-0.25, -0.2) is 10.1 Å². The molecule has 27 heavy (non-hydrogen) atoms. The predicted octanol–water partition coefficient (Wildman–Crippen LogP) is 2.06. The molecule has 2 aliphatic rings. The Bertz CT molecular complexity index is 732. The quantitative estimate of drug-likeness (QED) is 0.748. The molecule has 3 N–H and O–H groups in total. The van der Waals surface area contributed by atoms with Crippen LogP contribution >= 0.6 is 0 Å². The van der Waals surface area contributed by atoms with Crippen LogP contribution in [0.15, 0.2) is 28.8 Å². The zero-order valence-electron chi connectivity index (χ0n) is 16.2. The second kappa shape index (κ2) is 9.01. The minimum atomic E-state index is -0.143. The largest absolute Gasteiger partial charge is 0.387 e. The van der Waals surface area contributed by atoms with Gasteiger partial charge in [-0.05, 0) is 31.6 Å². The second-order valence-electron chi connectivity index (χ2n) is 6.75. The summed E-state index contributed by atoms with van der Waals surface area (Å²) in [4.78, 5) is 25.3. The fraction of sp³-hybridized carbons (Fsp3) is 0.500. The fourth-order valence-corrected chi connectivity index (χ4v) is 3.38. The van der Waals surface area contributed by atoms with Gasteiger partial charge in [0.2, 0.25) is 0 Å². The van der Waals surface area contributed by atoms with Crippen molar-refractivity contribution in [2.75, 3.05) is 44.2 Å². The number of amides is 1. The van der Waals surface area contributed by atoms with E-state index in [1.54, 1.807) is 0 Å². The summed E-state index contributed by atoms with van der Waals surface area (Å²) in [5.41, 5.74) is 9.59. The molecule has 7 heteroatoms. The number of piperazine rings is 1. The molecule has 0 radical (unpaired) electrons. The Morgan fingerprint density at radius 2 is 2.11 bits per heavy atom. The Hall–Kier alpha value is -2.38. The van der Waals surface area contributed by atoms with E-state index in [0.717, 1.165) is 49.5 Å². The van der Waals surface area contributed by atoms with Crippen LogP contribution in [-0.4, -0.2) is 56.1 Å². The number of nitrogens with one attached hydrogen (secondary N) is 1. The first-order valence-electron chi connectivity index (χ1n) is 9.70. The second-order valence-corrected chi connectivity index (χ2v) is 6.75. The van der Waals surface area contributed by atoms with Gasteiger partial charge in [-0.15, -0.1) is 0 Å². The summed E-state index contributed by atoms with van der Waals surface area (Å²) in [6.07, 6.45) is 3.04. The molecule has 1 aromatic rings. The van der Waals surface area contributed by atoms with Gasteiger partial charge in [-0.3, -0.25) is 9.63 Å². The molecule has 3 rings (SSSR count). The highest BCUT2D eigenvalue weighted by atomic mass is 16.7. The minimum Gasteiger partial charge on any atom is -0.387 e. The number of nitrogens with zero attached hydrogens (tertiary/aromatic N) is 3. The van der Waals surface area contributed by atoms with Crippen molar-refractivity contribution >= 4 is 29.2 Å². The third kappa shape index (κ3) is 4.67. The van der Waals surface area contributed by atoms with E-state index < -0.39 is 0 Å². The predicted molar refractivity (Wildman–Crippen MR) is 109 cm³/mol. The number of rotatable bonds is 6. The molecule has 0 saturated carbocycles. The highest BCUT2D eigenvalue weighted by molar-refractivity contribution is 6.05. The number of hydroxylamine groups is 2. The molecule has 7 nitrogen and oxygen atoms in total. The van der Waals surface area contributed by atoms with E-state index in [2.05, 4.69) is 27.3 Å². The van der Waals surface area contributed by atoms with E-state index >= 15 is 0 Å². The number of fused-ring (bicyclic) bond motifs is 1. The number of hydrogen-bond donors (Lipinski definition) is 2. The smallest absolute Gasteiger partial charge is 0.273 e. The number of hydrogen-bond acceptors (Lipinski definition) is 6. The van der Waals surface area contributed by atoms with Crippen molar-refractivity contribution in [3.63, 3.8) is 0 Å². The van der Waals surface area contributed by atoms with E-state index in [0.29, 0.717) is 31.0 Å². The van der Waals surface area contributed by atoms with E-state index in [9.17, 15) is 4.79 Å². The van der Waals surface area contributed by atoms with Crippen LogP contribution < -0.4 is 16.0 Å². The zero-order valence-corrected chi connectivity index (χ0v) is 16.2. The van der Waals surface area contributed by atoms with Gasteiger partial charge < -0.3 is 16.0 Å². The first kappa shape index (κ1) is 19.4. The van der Waals surface area contributed by atoms with Crippen molar-refractivity contribution in [1.29, 1.82) is 0 Å². The monoisotopic (exact) mass is 371 g/mol. The molecule has 1 saturated heterocycles. The number of nitrogens with two attached hydrogens (primary N) is 1. The summed E-state index contributed by atoms with van der Waals surface area (Å²) in [5, 5.41) is 4.79. The number of benzene rings is 1. The van der Waals surface area contributed by atoms with Crippen LogP contribution in [0, 0.1) is 0 Å². The molecule has 0 atom stereocenters. The van der Waals surface area contributed by atoms with Gasteiger partial charge >= 0.3 is 0 Å². The summed E-state index contributed by atoms with van der Waals surface area (Å²) < 4.78 is 0. The molecule has 1 fully saturated rings. The Morgan fingerprint density at radius 3 is 2.81 bits per heavy atom. The lowest BCUT2D eigenvalue weighted by atomic mass is 10.1. The van der Waals surface area contributed by atoms with Crippen molar-refractivity contribution in [3.8, 4) is 0 Å². The van der Waals surface area contributed by atoms with Crippen molar-refractivity contribution in [2.45, 2.75) is 26.7 Å². The molecule has 2 heterocycles. The topological polar surface area (TPSA) is 83.2 Å². The summed E-state index contributed by atoms with van der Waals surface area (Å²) in [7, 11) is 0. The molecule has 0 bridgehead atoms. The average Bonchev–Trinajstić information content (AvgIpc) is 2.85. The van der Waals surface area contributed by atoms with Gasteiger partial charge in [-0.2, -0.15) is 0 Å². The molecular weight excluding hydrogens is 342 g/mol. The maximum atomic E-state index is 12.9. The van der Waals surface area contributed by atoms with E-state index in [1.807, 2.05) is 26.0 Å². The third-order valence-corrected chi connectivity index (χ3v) is 4.67. The Kier molecular flexibility index (Phi) is 6.47. The molecule has 146 valence electrons. The number of carbonyl (C=O) groups is 1. The maximum Gasteiger partial charge on any atom is 0.273 e. The number of anilines is 1. The van der Waals surface area contributed by atoms with E-state index in [1.165, 1.54) is 5.06 Å². The fourth-order valence-electron chi connectivity index (χ4n) is 3.38. The summed E-state index contributed by atoms with van der Waals surface area (Å²) in [6.45, 7) is 8.79. The van der Waals surface area contributed by atoms with Crippen molar-refractivity contribution < 1.29 is 9.63 Å². The van der Waals surface area contributed by atoms with Crippen LogP contribution in [0.5, 0.6) is 0 Å². The van der Waals surface area contributed by atoms with Gasteiger partial charge in [0.15, 0.2) is 0 Å². The zero-order chi connectivity index (χ0) is 19.2. The van der Waals surface area contributed by atoms with Gasteiger partial charge in [0.05, 0.1) is 12.3 Å². The van der Waals surface area contributed by atoms with Gasteiger partial charge in [0.1, 0.15) is 5.84 Å². The van der Waals surface area contributed by atoms with Gasteiger partial charge in [0.25, 0.3) is 5.91 Å². The van der Waals surface area contributed by atoms with Crippen LogP contribution in [0.3, 0.4) is 0 Å². The van der Waals surface area contributed by atoms with Crippen LogP contribution in [0.4, 0.5) is 11.4 Å². The molecule has 2 aliphatic heterocycles. The number of amidine groups is 1. The highest BCUT2D eigenvalue weighted by Crippen LogP contribution is 2.31. The first-order valence-corrected chi connectivity index (χ1v) is 9.70. The van der Waals surface area contributed by atoms with E-state index in [4.69, 9.17) is 10.6 Å². The average molecular weight is 371 g/mol. The molecular formula is C20H29N5O2. The lowest BCUT2D eigenvalue weighted by Gasteiger charge is -2.29. The molecule has 1 amide bonds. The van der Waals surface area contributed by atoms with Crippen molar-refractivity contribution in [2.24, 2.45) is 10.7 Å². The van der Waals surface area contributed by atoms with E-state index in [-0.39, 0.29) is 5.91 Å². The SMILES string of the molecule is CCCN(OCC)C(=O)C1=Cc2ccc(N3CCNCC3)cc2N=C(N)C1. The van der Waals surface area contributed by atoms with Crippen molar-refractivity contribution in [1.82, 2.24) is 10.4 Å². The molecule has 0 aromatic heterocycles. The van der Waals surface area contributed by atoms with Crippen LogP contribution in [0.1, 0.15) is 32.3 Å². The highest BCUT2D eigenvalue weighted by Gasteiger charge is 2.22. The Morgan fingerprint density at radius 1 is 1.33 bits per heavy atom. The Balaban J connectivity index is 1.89.